The minimum Gasteiger partial charge on any atom is -0.388 e. The largest absolute Gasteiger partial charge is 0.388 e. The molecule has 1 N–H and O–H groups in total. The molecule has 2 aromatic rings. The molecule has 0 bridgehead atoms. The Balaban J connectivity index is 2.11. The first-order valence-corrected chi connectivity index (χ1v) is 6.25. The Kier molecular flexibility index (Phi) is 3.59. The number of hydrogen-bond acceptors (Lipinski definition) is 3. The van der Waals surface area contributed by atoms with Crippen LogP contribution in [0.1, 0.15) is 22.4 Å². The highest BCUT2D eigenvalue weighted by Gasteiger charge is 2.11. The first-order chi connectivity index (χ1) is 7.65. The van der Waals surface area contributed by atoms with Crippen LogP contribution in [0.5, 0.6) is 0 Å². The van der Waals surface area contributed by atoms with Crippen LogP contribution in [-0.4, -0.2) is 10.1 Å². The molecular formula is C12H12ClNOS. The van der Waals surface area contributed by atoms with Gasteiger partial charge in [-0.2, -0.15) is 0 Å². The maximum Gasteiger partial charge on any atom is 0.0957 e. The van der Waals surface area contributed by atoms with Gasteiger partial charge in [0, 0.05) is 22.5 Å². The smallest absolute Gasteiger partial charge is 0.0957 e. The lowest BCUT2D eigenvalue weighted by Crippen LogP contribution is -2.01. The highest BCUT2D eigenvalue weighted by atomic mass is 35.5. The van der Waals surface area contributed by atoms with Crippen LogP contribution < -0.4 is 0 Å². The van der Waals surface area contributed by atoms with Crippen molar-refractivity contribution in [1.29, 1.82) is 0 Å². The van der Waals surface area contributed by atoms with Crippen molar-refractivity contribution in [3.63, 3.8) is 0 Å². The van der Waals surface area contributed by atoms with Crippen LogP contribution in [0, 0.1) is 6.92 Å². The van der Waals surface area contributed by atoms with E-state index in [9.17, 15) is 5.11 Å². The van der Waals surface area contributed by atoms with Gasteiger partial charge in [0.05, 0.1) is 11.1 Å². The summed E-state index contributed by atoms with van der Waals surface area (Å²) in [6.07, 6.45) is 0.00279. The van der Waals surface area contributed by atoms with Crippen LogP contribution in [-0.2, 0) is 6.42 Å². The number of rotatable bonds is 3. The number of aliphatic hydroxyl groups excluding tert-OH is 1. The zero-order chi connectivity index (χ0) is 11.5. The van der Waals surface area contributed by atoms with Gasteiger partial charge >= 0.3 is 0 Å². The number of nitrogens with zero attached hydrogens (tertiary/aromatic N) is 1. The summed E-state index contributed by atoms with van der Waals surface area (Å²) in [5.41, 5.74) is 1.83. The van der Waals surface area contributed by atoms with E-state index < -0.39 is 6.10 Å². The molecule has 0 fully saturated rings. The second-order valence-electron chi connectivity index (χ2n) is 3.66. The van der Waals surface area contributed by atoms with Gasteiger partial charge in [0.1, 0.15) is 0 Å². The molecule has 1 aromatic heterocycles. The van der Waals surface area contributed by atoms with E-state index in [0.717, 1.165) is 16.3 Å². The SMILES string of the molecule is Cc1csc(CC(O)c2cccc(Cl)c2)n1. The van der Waals surface area contributed by atoms with Crippen molar-refractivity contribution in [1.82, 2.24) is 4.98 Å². The summed E-state index contributed by atoms with van der Waals surface area (Å²) in [5.74, 6) is 0. The fraction of sp³-hybridized carbons (Fsp3) is 0.250. The van der Waals surface area contributed by atoms with Gasteiger partial charge in [-0.1, -0.05) is 23.7 Å². The summed E-state index contributed by atoms with van der Waals surface area (Å²) in [6.45, 7) is 1.95. The standard InChI is InChI=1S/C12H12ClNOS/c1-8-7-16-12(14-8)6-11(15)9-3-2-4-10(13)5-9/h2-5,7,11,15H,6H2,1H3. The number of aromatic nitrogens is 1. The van der Waals surface area contributed by atoms with Crippen LogP contribution in [0.2, 0.25) is 5.02 Å². The molecule has 84 valence electrons. The van der Waals surface area contributed by atoms with Gasteiger partial charge in [0.2, 0.25) is 0 Å². The van der Waals surface area contributed by atoms with Gasteiger partial charge < -0.3 is 5.11 Å². The van der Waals surface area contributed by atoms with E-state index in [0.29, 0.717) is 11.4 Å². The molecule has 16 heavy (non-hydrogen) atoms. The minimum atomic E-state index is -0.538. The van der Waals surface area contributed by atoms with E-state index in [2.05, 4.69) is 4.98 Å². The van der Waals surface area contributed by atoms with Crippen molar-refractivity contribution >= 4 is 22.9 Å². The molecule has 4 heteroatoms. The topological polar surface area (TPSA) is 33.1 Å². The quantitative estimate of drug-likeness (QED) is 0.910. The van der Waals surface area contributed by atoms with Crippen molar-refractivity contribution in [2.75, 3.05) is 0 Å². The van der Waals surface area contributed by atoms with Crippen LogP contribution >= 0.6 is 22.9 Å². The summed E-state index contributed by atoms with van der Waals surface area (Å²) < 4.78 is 0. The Labute approximate surface area is 104 Å². The molecular weight excluding hydrogens is 242 g/mol. The summed E-state index contributed by atoms with van der Waals surface area (Å²) in [5, 5.41) is 13.6. The zero-order valence-corrected chi connectivity index (χ0v) is 10.4. The molecule has 0 saturated carbocycles. The molecule has 0 amide bonds. The molecule has 1 heterocycles. The molecule has 1 unspecified atom stereocenters. The third-order valence-electron chi connectivity index (χ3n) is 2.27. The number of aryl methyl sites for hydroxylation is 1. The summed E-state index contributed by atoms with van der Waals surface area (Å²) >= 11 is 7.44. The molecule has 0 aliphatic rings. The highest BCUT2D eigenvalue weighted by Crippen LogP contribution is 2.22. The van der Waals surface area contributed by atoms with Crippen molar-refractivity contribution in [3.05, 3.63) is 50.9 Å². The maximum absolute atomic E-state index is 10.0. The Bertz CT molecular complexity index is 483. The first kappa shape index (κ1) is 11.6. The van der Waals surface area contributed by atoms with E-state index in [-0.39, 0.29) is 0 Å². The predicted octanol–water partition coefficient (Wildman–Crippen LogP) is 3.38. The fourth-order valence-corrected chi connectivity index (χ4v) is 2.50. The lowest BCUT2D eigenvalue weighted by atomic mass is 10.1. The average Bonchev–Trinajstić information content (AvgIpc) is 2.64. The van der Waals surface area contributed by atoms with Crippen LogP contribution in [0.4, 0.5) is 0 Å². The van der Waals surface area contributed by atoms with Gasteiger partial charge in [0.25, 0.3) is 0 Å². The normalized spacial score (nSPS) is 12.7. The van der Waals surface area contributed by atoms with E-state index in [1.54, 1.807) is 23.5 Å². The van der Waals surface area contributed by atoms with E-state index in [1.807, 2.05) is 24.4 Å². The Morgan fingerprint density at radius 2 is 2.31 bits per heavy atom. The maximum atomic E-state index is 10.0. The molecule has 1 aromatic carbocycles. The lowest BCUT2D eigenvalue weighted by Gasteiger charge is -2.09. The van der Waals surface area contributed by atoms with Gasteiger partial charge in [-0.3, -0.25) is 0 Å². The molecule has 0 aliphatic heterocycles. The Morgan fingerprint density at radius 1 is 1.50 bits per heavy atom. The predicted molar refractivity (Wildman–Crippen MR) is 67.0 cm³/mol. The van der Waals surface area contributed by atoms with Crippen molar-refractivity contribution < 1.29 is 5.11 Å². The van der Waals surface area contributed by atoms with Crippen molar-refractivity contribution in [2.45, 2.75) is 19.4 Å². The molecule has 2 rings (SSSR count). The summed E-state index contributed by atoms with van der Waals surface area (Å²) in [7, 11) is 0. The molecule has 0 spiro atoms. The van der Waals surface area contributed by atoms with Crippen molar-refractivity contribution in [2.24, 2.45) is 0 Å². The average molecular weight is 254 g/mol. The Morgan fingerprint density at radius 3 is 2.94 bits per heavy atom. The van der Waals surface area contributed by atoms with E-state index >= 15 is 0 Å². The first-order valence-electron chi connectivity index (χ1n) is 4.99. The number of aliphatic hydroxyl groups is 1. The van der Waals surface area contributed by atoms with Gasteiger partial charge in [-0.15, -0.1) is 11.3 Å². The lowest BCUT2D eigenvalue weighted by molar-refractivity contribution is 0.178. The number of thiazole rings is 1. The zero-order valence-electron chi connectivity index (χ0n) is 8.85. The van der Waals surface area contributed by atoms with E-state index in [1.165, 1.54) is 0 Å². The Hall–Kier alpha value is -0.900. The van der Waals surface area contributed by atoms with Crippen molar-refractivity contribution in [3.8, 4) is 0 Å². The molecule has 0 saturated heterocycles. The summed E-state index contributed by atoms with van der Waals surface area (Å²) in [4.78, 5) is 4.32. The second-order valence-corrected chi connectivity index (χ2v) is 5.04. The monoisotopic (exact) mass is 253 g/mol. The van der Waals surface area contributed by atoms with E-state index in [4.69, 9.17) is 11.6 Å². The van der Waals surface area contributed by atoms with Crippen LogP contribution in [0.15, 0.2) is 29.6 Å². The molecule has 1 atom stereocenters. The van der Waals surface area contributed by atoms with Gasteiger partial charge in [0.15, 0.2) is 0 Å². The molecule has 0 radical (unpaired) electrons. The third-order valence-corrected chi connectivity index (χ3v) is 3.49. The fourth-order valence-electron chi connectivity index (χ4n) is 1.49. The highest BCUT2D eigenvalue weighted by molar-refractivity contribution is 7.09. The number of halogens is 1. The number of hydrogen-bond donors (Lipinski definition) is 1. The summed E-state index contributed by atoms with van der Waals surface area (Å²) in [6, 6.07) is 7.29. The molecule has 0 aliphatic carbocycles. The third kappa shape index (κ3) is 2.82. The van der Waals surface area contributed by atoms with Crippen LogP contribution in [0.3, 0.4) is 0 Å². The van der Waals surface area contributed by atoms with Gasteiger partial charge in [-0.05, 0) is 24.6 Å². The number of benzene rings is 1. The second kappa shape index (κ2) is 4.95. The van der Waals surface area contributed by atoms with Crippen LogP contribution in [0.25, 0.3) is 0 Å². The molecule has 2 nitrogen and oxygen atoms in total. The minimum absolute atomic E-state index is 0.538. The van der Waals surface area contributed by atoms with Gasteiger partial charge in [-0.25, -0.2) is 4.98 Å².